The standard InChI is InChI=1S/C16H14ClIN2/c1-2-10-20-15-13(17)4-3-5-14(15)19-16(20)11-6-8-12(18)9-7-11/h3-9H,2,10H2,1H3/p+1. The summed E-state index contributed by atoms with van der Waals surface area (Å²) in [5, 5.41) is 0.795. The molecule has 0 aliphatic heterocycles. The van der Waals surface area contributed by atoms with Gasteiger partial charge in [-0.1, -0.05) is 24.6 Å². The van der Waals surface area contributed by atoms with E-state index in [2.05, 4.69) is 69.4 Å². The number of imidazole rings is 1. The molecule has 0 amide bonds. The van der Waals surface area contributed by atoms with Crippen molar-refractivity contribution in [2.45, 2.75) is 19.9 Å². The molecular weight excluding hydrogens is 383 g/mol. The summed E-state index contributed by atoms with van der Waals surface area (Å²) in [5.41, 5.74) is 3.36. The molecule has 0 fully saturated rings. The molecule has 0 bridgehead atoms. The van der Waals surface area contributed by atoms with Gasteiger partial charge < -0.3 is 0 Å². The fourth-order valence-electron chi connectivity index (χ4n) is 2.48. The second-order valence-corrected chi connectivity index (χ2v) is 6.42. The molecule has 3 aromatic rings. The van der Waals surface area contributed by atoms with Crippen molar-refractivity contribution in [1.82, 2.24) is 4.98 Å². The fourth-order valence-corrected chi connectivity index (χ4v) is 3.12. The van der Waals surface area contributed by atoms with E-state index in [9.17, 15) is 0 Å². The van der Waals surface area contributed by atoms with Crippen molar-refractivity contribution in [2.75, 3.05) is 0 Å². The molecule has 1 heterocycles. The smallest absolute Gasteiger partial charge is 0.236 e. The number of halogens is 2. The molecule has 0 saturated heterocycles. The molecule has 0 saturated carbocycles. The van der Waals surface area contributed by atoms with E-state index in [1.165, 1.54) is 9.13 Å². The molecule has 20 heavy (non-hydrogen) atoms. The largest absolute Gasteiger partial charge is 0.287 e. The van der Waals surface area contributed by atoms with Crippen LogP contribution in [0.1, 0.15) is 13.3 Å². The van der Waals surface area contributed by atoms with Gasteiger partial charge in [0.2, 0.25) is 0 Å². The van der Waals surface area contributed by atoms with Crippen LogP contribution in [0.5, 0.6) is 0 Å². The minimum Gasteiger partial charge on any atom is -0.236 e. The number of nitrogens with zero attached hydrogens (tertiary/aromatic N) is 1. The topological polar surface area (TPSA) is 19.7 Å². The lowest BCUT2D eigenvalue weighted by atomic mass is 10.2. The summed E-state index contributed by atoms with van der Waals surface area (Å²) in [6.07, 6.45) is 1.07. The van der Waals surface area contributed by atoms with Gasteiger partial charge in [-0.05, 0) is 65.4 Å². The van der Waals surface area contributed by atoms with Crippen LogP contribution < -0.4 is 4.57 Å². The van der Waals surface area contributed by atoms with Gasteiger partial charge in [0.05, 0.1) is 17.1 Å². The summed E-state index contributed by atoms with van der Waals surface area (Å²) in [6, 6.07) is 14.5. The summed E-state index contributed by atoms with van der Waals surface area (Å²) in [7, 11) is 0. The highest BCUT2D eigenvalue weighted by atomic mass is 127. The van der Waals surface area contributed by atoms with E-state index in [1.807, 2.05) is 12.1 Å². The molecule has 3 rings (SSSR count). The Morgan fingerprint density at radius 3 is 2.60 bits per heavy atom. The molecular formula is C16H15ClIN2+. The van der Waals surface area contributed by atoms with Gasteiger partial charge >= 0.3 is 0 Å². The molecule has 0 aliphatic carbocycles. The van der Waals surface area contributed by atoms with Crippen molar-refractivity contribution < 1.29 is 4.57 Å². The van der Waals surface area contributed by atoms with Gasteiger partial charge in [-0.3, -0.25) is 0 Å². The predicted molar refractivity (Wildman–Crippen MR) is 91.9 cm³/mol. The van der Waals surface area contributed by atoms with Crippen LogP contribution in [0.15, 0.2) is 42.5 Å². The molecule has 0 unspecified atom stereocenters. The highest BCUT2D eigenvalue weighted by Crippen LogP contribution is 2.24. The Balaban J connectivity index is 2.26. The number of aryl methyl sites for hydroxylation is 1. The second-order valence-electron chi connectivity index (χ2n) is 4.77. The molecule has 4 heteroatoms. The highest BCUT2D eigenvalue weighted by Gasteiger charge is 2.21. The van der Waals surface area contributed by atoms with Crippen molar-refractivity contribution >= 4 is 45.2 Å². The van der Waals surface area contributed by atoms with Gasteiger partial charge in [0.25, 0.3) is 5.82 Å². The normalized spacial score (nSPS) is 11.2. The minimum atomic E-state index is 0.795. The van der Waals surface area contributed by atoms with Crippen LogP contribution in [0.4, 0.5) is 0 Å². The lowest BCUT2D eigenvalue weighted by Gasteiger charge is -2.01. The lowest BCUT2D eigenvalue weighted by molar-refractivity contribution is -0.660. The third-order valence-corrected chi connectivity index (χ3v) is 4.37. The number of aromatic amines is 1. The Morgan fingerprint density at radius 1 is 1.15 bits per heavy atom. The second kappa shape index (κ2) is 5.74. The predicted octanol–water partition coefficient (Wildman–Crippen LogP) is 4.79. The van der Waals surface area contributed by atoms with E-state index in [4.69, 9.17) is 11.6 Å². The van der Waals surface area contributed by atoms with E-state index in [0.29, 0.717) is 0 Å². The fraction of sp³-hybridized carbons (Fsp3) is 0.188. The Kier molecular flexibility index (Phi) is 3.98. The number of aromatic nitrogens is 2. The minimum absolute atomic E-state index is 0.795. The number of benzene rings is 2. The van der Waals surface area contributed by atoms with E-state index in [1.54, 1.807) is 0 Å². The summed E-state index contributed by atoms with van der Waals surface area (Å²) in [5.74, 6) is 1.12. The van der Waals surface area contributed by atoms with E-state index in [0.717, 1.165) is 34.8 Å². The molecule has 2 aromatic carbocycles. The first-order valence-electron chi connectivity index (χ1n) is 6.66. The number of para-hydroxylation sites is 1. The first kappa shape index (κ1) is 13.9. The Hall–Kier alpha value is -1.07. The van der Waals surface area contributed by atoms with Gasteiger partial charge in [0.15, 0.2) is 11.0 Å². The van der Waals surface area contributed by atoms with Gasteiger partial charge in [-0.25, -0.2) is 9.55 Å². The van der Waals surface area contributed by atoms with Crippen LogP contribution in [-0.2, 0) is 6.54 Å². The third kappa shape index (κ3) is 2.44. The Bertz CT molecular complexity index is 747. The van der Waals surface area contributed by atoms with Crippen molar-refractivity contribution in [3.05, 3.63) is 51.1 Å². The summed E-state index contributed by atoms with van der Waals surface area (Å²) >= 11 is 8.70. The van der Waals surface area contributed by atoms with E-state index >= 15 is 0 Å². The molecule has 2 nitrogen and oxygen atoms in total. The zero-order valence-electron chi connectivity index (χ0n) is 11.2. The molecule has 102 valence electrons. The number of hydrogen-bond donors (Lipinski definition) is 1. The SMILES string of the molecule is CCC[n+]1c(-c2ccc(I)cc2)[nH]c2cccc(Cl)c21. The number of fused-ring (bicyclic) bond motifs is 1. The van der Waals surface area contributed by atoms with Crippen LogP contribution in [0.25, 0.3) is 22.4 Å². The number of hydrogen-bond acceptors (Lipinski definition) is 0. The van der Waals surface area contributed by atoms with Gasteiger partial charge in [-0.2, -0.15) is 0 Å². The molecule has 0 radical (unpaired) electrons. The first-order chi connectivity index (χ1) is 9.70. The maximum Gasteiger partial charge on any atom is 0.287 e. The van der Waals surface area contributed by atoms with Crippen LogP contribution >= 0.6 is 34.2 Å². The Morgan fingerprint density at radius 2 is 1.90 bits per heavy atom. The zero-order valence-corrected chi connectivity index (χ0v) is 14.1. The van der Waals surface area contributed by atoms with Crippen molar-refractivity contribution in [2.24, 2.45) is 0 Å². The molecule has 1 aromatic heterocycles. The quantitative estimate of drug-likeness (QED) is 0.484. The Labute approximate surface area is 136 Å². The van der Waals surface area contributed by atoms with Gasteiger partial charge in [0, 0.05) is 3.57 Å². The third-order valence-electron chi connectivity index (χ3n) is 3.34. The summed E-state index contributed by atoms with van der Waals surface area (Å²) in [6.45, 7) is 3.13. The first-order valence-corrected chi connectivity index (χ1v) is 8.12. The van der Waals surface area contributed by atoms with Crippen LogP contribution in [0, 0.1) is 3.57 Å². The van der Waals surface area contributed by atoms with E-state index in [-0.39, 0.29) is 0 Å². The number of rotatable bonds is 3. The maximum absolute atomic E-state index is 6.38. The molecule has 0 spiro atoms. The van der Waals surface area contributed by atoms with Crippen LogP contribution in [0.3, 0.4) is 0 Å². The molecule has 1 N–H and O–H groups in total. The number of H-pyrrole nitrogens is 1. The molecule has 0 aliphatic rings. The average Bonchev–Trinajstić information content (AvgIpc) is 2.80. The zero-order chi connectivity index (χ0) is 14.1. The molecule has 0 atom stereocenters. The van der Waals surface area contributed by atoms with Crippen LogP contribution in [0.2, 0.25) is 5.02 Å². The van der Waals surface area contributed by atoms with Crippen molar-refractivity contribution in [1.29, 1.82) is 0 Å². The van der Waals surface area contributed by atoms with Crippen molar-refractivity contribution in [3.8, 4) is 11.4 Å². The number of nitrogens with one attached hydrogen (secondary N) is 1. The van der Waals surface area contributed by atoms with Gasteiger partial charge in [0.1, 0.15) is 0 Å². The maximum atomic E-state index is 6.38. The monoisotopic (exact) mass is 397 g/mol. The van der Waals surface area contributed by atoms with Crippen LogP contribution in [-0.4, -0.2) is 4.98 Å². The highest BCUT2D eigenvalue weighted by molar-refractivity contribution is 14.1. The lowest BCUT2D eigenvalue weighted by Crippen LogP contribution is -2.34. The van der Waals surface area contributed by atoms with Crippen molar-refractivity contribution in [3.63, 3.8) is 0 Å². The van der Waals surface area contributed by atoms with Gasteiger partial charge in [-0.15, -0.1) is 0 Å². The average molecular weight is 398 g/mol. The summed E-state index contributed by atoms with van der Waals surface area (Å²) < 4.78 is 3.52. The summed E-state index contributed by atoms with van der Waals surface area (Å²) in [4.78, 5) is 3.50. The van der Waals surface area contributed by atoms with E-state index < -0.39 is 0 Å².